The minimum absolute atomic E-state index is 0.260. The topological polar surface area (TPSA) is 20.2 Å². The first kappa shape index (κ1) is 14.0. The molecule has 0 saturated carbocycles. The molecule has 0 spiro atoms. The first-order chi connectivity index (χ1) is 8.97. The lowest BCUT2D eigenvalue weighted by molar-refractivity contribution is 0.178. The van der Waals surface area contributed by atoms with Gasteiger partial charge in [0.25, 0.3) is 0 Å². The molecule has 2 aromatic carbocycles. The van der Waals surface area contributed by atoms with E-state index >= 15 is 0 Å². The molecular formula is C16H16ClFO. The molecule has 3 heteroatoms. The number of benzene rings is 2. The molecule has 19 heavy (non-hydrogen) atoms. The van der Waals surface area contributed by atoms with Crippen LogP contribution in [-0.2, 0) is 6.42 Å². The van der Waals surface area contributed by atoms with Crippen LogP contribution in [0.5, 0.6) is 0 Å². The maximum atomic E-state index is 13.0. The van der Waals surface area contributed by atoms with Gasteiger partial charge in [0.05, 0.1) is 6.10 Å². The molecule has 2 rings (SSSR count). The Hall–Kier alpha value is -1.38. The third-order valence-electron chi connectivity index (χ3n) is 3.23. The zero-order valence-corrected chi connectivity index (χ0v) is 11.7. The van der Waals surface area contributed by atoms with Gasteiger partial charge in [0, 0.05) is 11.4 Å². The van der Waals surface area contributed by atoms with E-state index in [9.17, 15) is 9.50 Å². The summed E-state index contributed by atoms with van der Waals surface area (Å²) in [5, 5.41) is 10.8. The van der Waals surface area contributed by atoms with E-state index in [1.807, 2.05) is 32.0 Å². The quantitative estimate of drug-likeness (QED) is 0.884. The van der Waals surface area contributed by atoms with Gasteiger partial charge < -0.3 is 5.11 Å². The largest absolute Gasteiger partial charge is 0.388 e. The third kappa shape index (κ3) is 3.34. The van der Waals surface area contributed by atoms with Gasteiger partial charge in [-0.15, -0.1) is 0 Å². The van der Waals surface area contributed by atoms with Crippen LogP contribution in [0.1, 0.15) is 28.4 Å². The van der Waals surface area contributed by atoms with Crippen LogP contribution in [0.4, 0.5) is 4.39 Å². The summed E-state index contributed by atoms with van der Waals surface area (Å²) >= 11 is 6.14. The lowest BCUT2D eigenvalue weighted by Gasteiger charge is -2.15. The number of rotatable bonds is 3. The number of aliphatic hydroxyl groups is 1. The second-order valence-electron chi connectivity index (χ2n) is 4.82. The molecule has 0 aliphatic heterocycles. The molecule has 100 valence electrons. The molecule has 1 atom stereocenters. The van der Waals surface area contributed by atoms with Gasteiger partial charge in [0.1, 0.15) is 5.82 Å². The lowest BCUT2D eigenvalue weighted by Crippen LogP contribution is -2.04. The SMILES string of the molecule is Cc1ccc(C(O)Cc2ccc(F)cc2C)c(Cl)c1. The average Bonchev–Trinajstić information content (AvgIpc) is 2.32. The van der Waals surface area contributed by atoms with Crippen molar-refractivity contribution in [2.24, 2.45) is 0 Å². The van der Waals surface area contributed by atoms with Crippen LogP contribution in [0.2, 0.25) is 5.02 Å². The number of hydrogen-bond donors (Lipinski definition) is 1. The minimum atomic E-state index is -0.683. The van der Waals surface area contributed by atoms with Crippen LogP contribution in [-0.4, -0.2) is 5.11 Å². The highest BCUT2D eigenvalue weighted by Gasteiger charge is 2.13. The maximum absolute atomic E-state index is 13.0. The van der Waals surface area contributed by atoms with Crippen LogP contribution >= 0.6 is 11.6 Å². The normalized spacial score (nSPS) is 12.5. The minimum Gasteiger partial charge on any atom is -0.388 e. The smallest absolute Gasteiger partial charge is 0.123 e. The van der Waals surface area contributed by atoms with Crippen LogP contribution in [0, 0.1) is 19.7 Å². The van der Waals surface area contributed by atoms with Crippen LogP contribution < -0.4 is 0 Å². The van der Waals surface area contributed by atoms with Crippen molar-refractivity contribution in [1.82, 2.24) is 0 Å². The Morgan fingerprint density at radius 3 is 2.53 bits per heavy atom. The summed E-state index contributed by atoms with van der Waals surface area (Å²) in [5.74, 6) is -0.260. The molecule has 0 heterocycles. The van der Waals surface area contributed by atoms with Gasteiger partial charge >= 0.3 is 0 Å². The Morgan fingerprint density at radius 2 is 1.89 bits per heavy atom. The second-order valence-corrected chi connectivity index (χ2v) is 5.22. The van der Waals surface area contributed by atoms with Gasteiger partial charge in [0.2, 0.25) is 0 Å². The Labute approximate surface area is 117 Å². The van der Waals surface area contributed by atoms with Gasteiger partial charge in [0.15, 0.2) is 0 Å². The molecule has 0 aliphatic carbocycles. The Balaban J connectivity index is 2.23. The van der Waals surface area contributed by atoms with Crippen LogP contribution in [0.3, 0.4) is 0 Å². The van der Waals surface area contributed by atoms with Crippen molar-refractivity contribution in [1.29, 1.82) is 0 Å². The number of hydrogen-bond acceptors (Lipinski definition) is 1. The summed E-state index contributed by atoms with van der Waals surface area (Å²) < 4.78 is 13.0. The monoisotopic (exact) mass is 278 g/mol. The molecule has 0 radical (unpaired) electrons. The zero-order valence-electron chi connectivity index (χ0n) is 11.0. The predicted molar refractivity (Wildman–Crippen MR) is 76.0 cm³/mol. The van der Waals surface area contributed by atoms with Crippen molar-refractivity contribution < 1.29 is 9.50 Å². The van der Waals surface area contributed by atoms with Crippen molar-refractivity contribution in [3.8, 4) is 0 Å². The van der Waals surface area contributed by atoms with E-state index in [0.717, 1.165) is 16.7 Å². The highest BCUT2D eigenvalue weighted by Crippen LogP contribution is 2.27. The van der Waals surface area contributed by atoms with Crippen molar-refractivity contribution in [3.05, 3.63) is 69.5 Å². The first-order valence-electron chi connectivity index (χ1n) is 6.16. The average molecular weight is 279 g/mol. The lowest BCUT2D eigenvalue weighted by atomic mass is 9.97. The molecule has 0 fully saturated rings. The van der Waals surface area contributed by atoms with Gasteiger partial charge in [-0.05, 0) is 54.3 Å². The van der Waals surface area contributed by atoms with Crippen LogP contribution in [0.25, 0.3) is 0 Å². The summed E-state index contributed by atoms with van der Waals surface area (Å²) in [4.78, 5) is 0. The molecule has 2 aromatic rings. The van der Waals surface area contributed by atoms with Crippen LogP contribution in [0.15, 0.2) is 36.4 Å². The third-order valence-corrected chi connectivity index (χ3v) is 3.56. The van der Waals surface area contributed by atoms with E-state index < -0.39 is 6.10 Å². The maximum Gasteiger partial charge on any atom is 0.123 e. The Bertz CT molecular complexity index is 595. The Kier molecular flexibility index (Phi) is 4.23. The van der Waals surface area contributed by atoms with Gasteiger partial charge in [-0.25, -0.2) is 4.39 Å². The molecule has 0 saturated heterocycles. The number of halogens is 2. The fraction of sp³-hybridized carbons (Fsp3) is 0.250. The van der Waals surface area contributed by atoms with E-state index in [-0.39, 0.29) is 5.82 Å². The molecule has 0 amide bonds. The highest BCUT2D eigenvalue weighted by atomic mass is 35.5. The summed E-state index contributed by atoms with van der Waals surface area (Å²) in [7, 11) is 0. The zero-order chi connectivity index (χ0) is 14.0. The van der Waals surface area contributed by atoms with Gasteiger partial charge in [-0.3, -0.25) is 0 Å². The number of aryl methyl sites for hydroxylation is 2. The summed E-state index contributed by atoms with van der Waals surface area (Å²) in [6.45, 7) is 3.79. The summed E-state index contributed by atoms with van der Waals surface area (Å²) in [6, 6.07) is 10.2. The first-order valence-corrected chi connectivity index (χ1v) is 6.54. The van der Waals surface area contributed by atoms with E-state index in [4.69, 9.17) is 11.6 Å². The van der Waals surface area contributed by atoms with Crippen molar-refractivity contribution in [2.75, 3.05) is 0 Å². The van der Waals surface area contributed by atoms with E-state index in [1.54, 1.807) is 6.07 Å². The molecule has 0 bridgehead atoms. The summed E-state index contributed by atoms with van der Waals surface area (Å²) in [6.07, 6.45) is -0.258. The molecular weight excluding hydrogens is 263 g/mol. The molecule has 0 aliphatic rings. The van der Waals surface area contributed by atoms with Crippen molar-refractivity contribution in [2.45, 2.75) is 26.4 Å². The highest BCUT2D eigenvalue weighted by molar-refractivity contribution is 6.31. The van der Waals surface area contributed by atoms with E-state index in [2.05, 4.69) is 0 Å². The number of aliphatic hydroxyl groups excluding tert-OH is 1. The van der Waals surface area contributed by atoms with E-state index in [0.29, 0.717) is 17.0 Å². The van der Waals surface area contributed by atoms with Gasteiger partial charge in [-0.2, -0.15) is 0 Å². The fourth-order valence-corrected chi connectivity index (χ4v) is 2.47. The second kappa shape index (κ2) is 5.72. The molecule has 1 nitrogen and oxygen atoms in total. The molecule has 1 N–H and O–H groups in total. The van der Waals surface area contributed by atoms with Crippen molar-refractivity contribution in [3.63, 3.8) is 0 Å². The van der Waals surface area contributed by atoms with E-state index in [1.165, 1.54) is 12.1 Å². The van der Waals surface area contributed by atoms with Gasteiger partial charge in [-0.1, -0.05) is 29.8 Å². The fourth-order valence-electron chi connectivity index (χ4n) is 2.11. The predicted octanol–water partition coefficient (Wildman–Crippen LogP) is 4.37. The summed E-state index contributed by atoms with van der Waals surface area (Å²) in [5.41, 5.74) is 3.52. The Morgan fingerprint density at radius 1 is 1.16 bits per heavy atom. The van der Waals surface area contributed by atoms with Crippen molar-refractivity contribution >= 4 is 11.6 Å². The standard InChI is InChI=1S/C16H16ClFO/c1-10-3-6-14(15(17)7-10)16(19)9-12-4-5-13(18)8-11(12)2/h3-8,16,19H,9H2,1-2H3. The molecule has 0 aromatic heterocycles. The molecule has 1 unspecified atom stereocenters.